The Morgan fingerprint density at radius 3 is 2.52 bits per heavy atom. The lowest BCUT2D eigenvalue weighted by atomic mass is 9.99. The summed E-state index contributed by atoms with van der Waals surface area (Å²) in [5.41, 5.74) is 1.89. The highest BCUT2D eigenvalue weighted by Crippen LogP contribution is 2.36. The number of para-hydroxylation sites is 1. The van der Waals surface area contributed by atoms with Crippen molar-refractivity contribution in [2.45, 2.75) is 30.7 Å². The monoisotopic (exact) mass is 365 g/mol. The summed E-state index contributed by atoms with van der Waals surface area (Å²) in [6.07, 6.45) is 1.75. The summed E-state index contributed by atoms with van der Waals surface area (Å²) in [5, 5.41) is 0. The molecule has 0 saturated heterocycles. The molecular formula is C16H16BrNO2S. The number of fused-ring (bicyclic) bond motifs is 1. The molecule has 0 aliphatic carbocycles. The van der Waals surface area contributed by atoms with Crippen LogP contribution in [-0.2, 0) is 16.4 Å². The van der Waals surface area contributed by atoms with E-state index < -0.39 is 10.0 Å². The maximum atomic E-state index is 13.1. The topological polar surface area (TPSA) is 37.4 Å². The third-order valence-corrected chi connectivity index (χ3v) is 6.77. The van der Waals surface area contributed by atoms with Crippen molar-refractivity contribution < 1.29 is 8.42 Å². The first-order valence-electron chi connectivity index (χ1n) is 6.88. The zero-order chi connectivity index (χ0) is 15.0. The summed E-state index contributed by atoms with van der Waals surface area (Å²) in [7, 11) is -3.57. The van der Waals surface area contributed by atoms with Gasteiger partial charge in [-0.2, -0.15) is 0 Å². The molecule has 1 atom stereocenters. The normalized spacial score (nSPS) is 18.4. The van der Waals surface area contributed by atoms with E-state index in [1.807, 2.05) is 37.3 Å². The SMILES string of the molecule is CC1CCc2ccccc2N1S(=O)(=O)c1ccccc1Br. The van der Waals surface area contributed by atoms with Crippen LogP contribution in [0.3, 0.4) is 0 Å². The van der Waals surface area contributed by atoms with E-state index in [0.717, 1.165) is 24.1 Å². The first kappa shape index (κ1) is 14.6. The molecule has 0 saturated carbocycles. The van der Waals surface area contributed by atoms with Crippen molar-refractivity contribution in [1.29, 1.82) is 0 Å². The van der Waals surface area contributed by atoms with Crippen LogP contribution in [0.4, 0.5) is 5.69 Å². The fraction of sp³-hybridized carbons (Fsp3) is 0.250. The smallest absolute Gasteiger partial charge is 0.263 e. The molecule has 2 aromatic rings. The van der Waals surface area contributed by atoms with Crippen LogP contribution in [0.2, 0.25) is 0 Å². The van der Waals surface area contributed by atoms with Crippen molar-refractivity contribution in [3.8, 4) is 0 Å². The fourth-order valence-corrected chi connectivity index (χ4v) is 5.47. The van der Waals surface area contributed by atoms with Gasteiger partial charge in [0.05, 0.1) is 5.69 Å². The molecule has 1 heterocycles. The molecule has 5 heteroatoms. The van der Waals surface area contributed by atoms with Crippen LogP contribution in [-0.4, -0.2) is 14.5 Å². The van der Waals surface area contributed by atoms with Crippen LogP contribution in [0.1, 0.15) is 18.9 Å². The molecule has 1 aliphatic rings. The highest BCUT2D eigenvalue weighted by atomic mass is 79.9. The molecule has 21 heavy (non-hydrogen) atoms. The zero-order valence-electron chi connectivity index (χ0n) is 11.7. The van der Waals surface area contributed by atoms with Gasteiger partial charge in [0.2, 0.25) is 0 Å². The fourth-order valence-electron chi connectivity index (χ4n) is 2.78. The van der Waals surface area contributed by atoms with E-state index in [4.69, 9.17) is 0 Å². The van der Waals surface area contributed by atoms with Crippen molar-refractivity contribution in [1.82, 2.24) is 0 Å². The lowest BCUT2D eigenvalue weighted by Crippen LogP contribution is -2.42. The Balaban J connectivity index is 2.17. The number of halogens is 1. The van der Waals surface area contributed by atoms with E-state index in [1.165, 1.54) is 0 Å². The lowest BCUT2D eigenvalue weighted by Gasteiger charge is -2.36. The van der Waals surface area contributed by atoms with Crippen LogP contribution < -0.4 is 4.31 Å². The molecule has 0 fully saturated rings. The zero-order valence-corrected chi connectivity index (χ0v) is 14.1. The maximum Gasteiger partial charge on any atom is 0.265 e. The van der Waals surface area contributed by atoms with Crippen molar-refractivity contribution in [2.75, 3.05) is 4.31 Å². The predicted octanol–water partition coefficient (Wildman–Crippen LogP) is 3.98. The number of hydrogen-bond acceptors (Lipinski definition) is 2. The van der Waals surface area contributed by atoms with Crippen LogP contribution >= 0.6 is 15.9 Å². The van der Waals surface area contributed by atoms with Gasteiger partial charge in [0.1, 0.15) is 4.90 Å². The van der Waals surface area contributed by atoms with E-state index >= 15 is 0 Å². The molecule has 0 amide bonds. The molecule has 0 aromatic heterocycles. The summed E-state index contributed by atoms with van der Waals surface area (Å²) < 4.78 is 28.3. The molecule has 3 rings (SSSR count). The van der Waals surface area contributed by atoms with Gasteiger partial charge in [-0.25, -0.2) is 8.42 Å². The third kappa shape index (κ3) is 2.49. The first-order chi connectivity index (χ1) is 10.0. The molecule has 1 unspecified atom stereocenters. The quantitative estimate of drug-likeness (QED) is 0.806. The molecule has 0 bridgehead atoms. The van der Waals surface area contributed by atoms with Crippen LogP contribution in [0.5, 0.6) is 0 Å². The Morgan fingerprint density at radius 2 is 1.76 bits per heavy atom. The van der Waals surface area contributed by atoms with Gasteiger partial charge in [0.25, 0.3) is 10.0 Å². The summed E-state index contributed by atoms with van der Waals surface area (Å²) in [6.45, 7) is 1.96. The van der Waals surface area contributed by atoms with E-state index in [1.54, 1.807) is 22.5 Å². The number of nitrogens with zero attached hydrogens (tertiary/aromatic N) is 1. The van der Waals surface area contributed by atoms with Crippen molar-refractivity contribution >= 4 is 31.6 Å². The minimum absolute atomic E-state index is 0.0444. The number of benzene rings is 2. The molecule has 3 nitrogen and oxygen atoms in total. The number of rotatable bonds is 2. The molecule has 0 spiro atoms. The summed E-state index contributed by atoms with van der Waals surface area (Å²) in [4.78, 5) is 0.313. The minimum Gasteiger partial charge on any atom is -0.263 e. The van der Waals surface area contributed by atoms with Gasteiger partial charge in [-0.3, -0.25) is 4.31 Å². The molecule has 110 valence electrons. The second-order valence-electron chi connectivity index (χ2n) is 5.25. The lowest BCUT2D eigenvalue weighted by molar-refractivity contribution is 0.563. The number of sulfonamides is 1. The second-order valence-corrected chi connectivity index (χ2v) is 7.89. The number of anilines is 1. The highest BCUT2D eigenvalue weighted by Gasteiger charge is 2.34. The Labute approximate surface area is 133 Å². The molecule has 2 aromatic carbocycles. The summed E-state index contributed by atoms with van der Waals surface area (Å²) >= 11 is 3.35. The molecule has 1 aliphatic heterocycles. The highest BCUT2D eigenvalue weighted by molar-refractivity contribution is 9.10. The van der Waals surface area contributed by atoms with Gasteiger partial charge in [0.15, 0.2) is 0 Å². The number of hydrogen-bond donors (Lipinski definition) is 0. The van der Waals surface area contributed by atoms with E-state index in [0.29, 0.717) is 9.37 Å². The van der Waals surface area contributed by atoms with Gasteiger partial charge in [-0.05, 0) is 59.5 Å². The maximum absolute atomic E-state index is 13.1. The van der Waals surface area contributed by atoms with Gasteiger partial charge in [-0.15, -0.1) is 0 Å². The number of aryl methyl sites for hydroxylation is 1. The van der Waals surface area contributed by atoms with Gasteiger partial charge in [-0.1, -0.05) is 30.3 Å². The summed E-state index contributed by atoms with van der Waals surface area (Å²) in [6, 6.07) is 14.7. The standard InChI is InChI=1S/C16H16BrNO2S/c1-12-10-11-13-6-2-4-8-15(13)18(12)21(19,20)16-9-5-3-7-14(16)17/h2-9,12H,10-11H2,1H3. The van der Waals surface area contributed by atoms with Gasteiger partial charge >= 0.3 is 0 Å². The van der Waals surface area contributed by atoms with Gasteiger partial charge < -0.3 is 0 Å². The van der Waals surface area contributed by atoms with E-state index in [-0.39, 0.29) is 6.04 Å². The Bertz CT molecular complexity index is 773. The van der Waals surface area contributed by atoms with Crippen molar-refractivity contribution in [2.24, 2.45) is 0 Å². The Hall–Kier alpha value is -1.33. The predicted molar refractivity (Wildman–Crippen MR) is 88.0 cm³/mol. The van der Waals surface area contributed by atoms with Crippen molar-refractivity contribution in [3.05, 3.63) is 58.6 Å². The molecular weight excluding hydrogens is 350 g/mol. The Kier molecular flexibility index (Phi) is 3.80. The summed E-state index contributed by atoms with van der Waals surface area (Å²) in [5.74, 6) is 0. The third-order valence-electron chi connectivity index (χ3n) is 3.83. The molecule has 0 N–H and O–H groups in total. The molecule has 0 radical (unpaired) electrons. The van der Waals surface area contributed by atoms with E-state index in [9.17, 15) is 8.42 Å². The largest absolute Gasteiger partial charge is 0.265 e. The van der Waals surface area contributed by atoms with Crippen LogP contribution in [0.15, 0.2) is 57.9 Å². The van der Waals surface area contributed by atoms with Gasteiger partial charge in [0, 0.05) is 10.5 Å². The van der Waals surface area contributed by atoms with E-state index in [2.05, 4.69) is 15.9 Å². The minimum atomic E-state index is -3.57. The van der Waals surface area contributed by atoms with Crippen LogP contribution in [0, 0.1) is 0 Å². The Morgan fingerprint density at radius 1 is 1.10 bits per heavy atom. The van der Waals surface area contributed by atoms with Crippen LogP contribution in [0.25, 0.3) is 0 Å². The average molecular weight is 366 g/mol. The average Bonchev–Trinajstić information content (AvgIpc) is 2.47. The van der Waals surface area contributed by atoms with Crippen molar-refractivity contribution in [3.63, 3.8) is 0 Å². The second kappa shape index (κ2) is 5.46. The first-order valence-corrected chi connectivity index (χ1v) is 9.12.